The molecule has 5 nitrogen and oxygen atoms in total. The van der Waals surface area contributed by atoms with Crippen molar-refractivity contribution < 1.29 is 4.74 Å². The molecule has 0 aromatic heterocycles. The van der Waals surface area contributed by atoms with Crippen molar-refractivity contribution in [2.75, 3.05) is 33.8 Å². The van der Waals surface area contributed by atoms with Gasteiger partial charge in [-0.15, -0.1) is 24.0 Å². The van der Waals surface area contributed by atoms with Crippen LogP contribution >= 0.6 is 24.0 Å². The van der Waals surface area contributed by atoms with Gasteiger partial charge in [-0.1, -0.05) is 19.1 Å². The van der Waals surface area contributed by atoms with Crippen LogP contribution in [0.3, 0.4) is 0 Å². The third-order valence-corrected chi connectivity index (χ3v) is 3.67. The molecule has 0 radical (unpaired) electrons. The van der Waals surface area contributed by atoms with E-state index in [1.54, 1.807) is 14.2 Å². The van der Waals surface area contributed by atoms with Crippen LogP contribution in [0.25, 0.3) is 0 Å². The van der Waals surface area contributed by atoms with Gasteiger partial charge >= 0.3 is 0 Å². The molecule has 23 heavy (non-hydrogen) atoms. The van der Waals surface area contributed by atoms with E-state index in [9.17, 15) is 0 Å². The van der Waals surface area contributed by atoms with Crippen LogP contribution in [0, 0.1) is 0 Å². The number of guanidine groups is 1. The molecular weight excluding hydrogens is 403 g/mol. The number of hydrogen-bond donors (Lipinski definition) is 2. The zero-order valence-corrected chi connectivity index (χ0v) is 17.3. The molecule has 0 bridgehead atoms. The molecule has 0 atom stereocenters. The van der Waals surface area contributed by atoms with Crippen LogP contribution in [-0.2, 0) is 6.54 Å². The Morgan fingerprint density at radius 1 is 1.22 bits per heavy atom. The van der Waals surface area contributed by atoms with Gasteiger partial charge in [0.1, 0.15) is 5.75 Å². The smallest absolute Gasteiger partial charge is 0.191 e. The standard InChI is InChI=1S/C17H30N4O.HI/c1-6-21(14(2)3)12-11-19-17(18-4)20-13-15-7-9-16(22-5)10-8-15;/h7-10,14H,6,11-13H2,1-5H3,(H2,18,19,20);1H. The highest BCUT2D eigenvalue weighted by Crippen LogP contribution is 2.10. The van der Waals surface area contributed by atoms with E-state index in [1.807, 2.05) is 12.1 Å². The maximum absolute atomic E-state index is 5.16. The van der Waals surface area contributed by atoms with E-state index >= 15 is 0 Å². The number of nitrogens with one attached hydrogen (secondary N) is 2. The summed E-state index contributed by atoms with van der Waals surface area (Å²) in [5.41, 5.74) is 1.20. The second kappa shape index (κ2) is 12.4. The quantitative estimate of drug-likeness (QED) is 0.375. The number of methoxy groups -OCH3 is 1. The monoisotopic (exact) mass is 434 g/mol. The highest BCUT2D eigenvalue weighted by Gasteiger charge is 2.06. The summed E-state index contributed by atoms with van der Waals surface area (Å²) >= 11 is 0. The predicted octanol–water partition coefficient (Wildman–Crippen LogP) is 2.71. The summed E-state index contributed by atoms with van der Waals surface area (Å²) in [4.78, 5) is 6.68. The molecule has 2 N–H and O–H groups in total. The number of halogens is 1. The lowest BCUT2D eigenvalue weighted by atomic mass is 10.2. The zero-order valence-electron chi connectivity index (χ0n) is 14.9. The van der Waals surface area contributed by atoms with E-state index in [0.717, 1.165) is 37.9 Å². The summed E-state index contributed by atoms with van der Waals surface area (Å²) in [5.74, 6) is 1.70. The van der Waals surface area contributed by atoms with Gasteiger partial charge in [-0.25, -0.2) is 0 Å². The first-order valence-corrected chi connectivity index (χ1v) is 7.92. The first-order valence-electron chi connectivity index (χ1n) is 7.92. The minimum atomic E-state index is 0. The molecule has 132 valence electrons. The molecule has 0 fully saturated rings. The van der Waals surface area contributed by atoms with Crippen molar-refractivity contribution in [3.8, 4) is 5.75 Å². The highest BCUT2D eigenvalue weighted by atomic mass is 127. The second-order valence-electron chi connectivity index (χ2n) is 5.42. The van der Waals surface area contributed by atoms with E-state index in [0.29, 0.717) is 6.04 Å². The van der Waals surface area contributed by atoms with Crippen molar-refractivity contribution >= 4 is 29.9 Å². The summed E-state index contributed by atoms with van der Waals surface area (Å²) in [5, 5.41) is 6.68. The van der Waals surface area contributed by atoms with Gasteiger partial charge in [0, 0.05) is 32.7 Å². The molecule has 0 amide bonds. The Bertz CT molecular complexity index is 448. The average molecular weight is 434 g/mol. The van der Waals surface area contributed by atoms with E-state index < -0.39 is 0 Å². The van der Waals surface area contributed by atoms with Gasteiger partial charge in [0.25, 0.3) is 0 Å². The summed E-state index contributed by atoms with van der Waals surface area (Å²) in [6.45, 7) is 10.3. The molecule has 0 aliphatic heterocycles. The van der Waals surface area contributed by atoms with E-state index in [4.69, 9.17) is 4.74 Å². The van der Waals surface area contributed by atoms with Gasteiger partial charge in [-0.2, -0.15) is 0 Å². The summed E-state index contributed by atoms with van der Waals surface area (Å²) in [6, 6.07) is 8.61. The van der Waals surface area contributed by atoms with Crippen LogP contribution in [0.1, 0.15) is 26.3 Å². The van der Waals surface area contributed by atoms with Crippen molar-refractivity contribution in [2.45, 2.75) is 33.4 Å². The second-order valence-corrected chi connectivity index (χ2v) is 5.42. The molecular formula is C17H31IN4O. The number of ether oxygens (including phenoxy) is 1. The predicted molar refractivity (Wildman–Crippen MR) is 109 cm³/mol. The molecule has 1 aromatic rings. The Hall–Kier alpha value is -1.02. The number of likely N-dealkylation sites (N-methyl/N-ethyl adjacent to an activating group) is 1. The van der Waals surface area contributed by atoms with Crippen molar-refractivity contribution in [1.82, 2.24) is 15.5 Å². The summed E-state index contributed by atoms with van der Waals surface area (Å²) in [7, 11) is 3.47. The first-order chi connectivity index (χ1) is 10.6. The lowest BCUT2D eigenvalue weighted by molar-refractivity contribution is 0.237. The van der Waals surface area contributed by atoms with Crippen LogP contribution in [0.4, 0.5) is 0 Å². The molecule has 1 rings (SSSR count). The third kappa shape index (κ3) is 8.41. The van der Waals surface area contributed by atoms with Crippen molar-refractivity contribution in [3.05, 3.63) is 29.8 Å². The minimum absolute atomic E-state index is 0. The SMILES string of the molecule is CCN(CCNC(=NC)NCc1ccc(OC)cc1)C(C)C.I. The maximum Gasteiger partial charge on any atom is 0.191 e. The number of rotatable bonds is 8. The first kappa shape index (κ1) is 22.0. The van der Waals surface area contributed by atoms with E-state index in [1.165, 1.54) is 5.56 Å². The van der Waals surface area contributed by atoms with Crippen LogP contribution in [0.5, 0.6) is 5.75 Å². The normalized spacial score (nSPS) is 11.3. The van der Waals surface area contributed by atoms with Crippen molar-refractivity contribution in [2.24, 2.45) is 4.99 Å². The summed E-state index contributed by atoms with van der Waals surface area (Å²) in [6.07, 6.45) is 0. The Morgan fingerprint density at radius 2 is 1.87 bits per heavy atom. The fraction of sp³-hybridized carbons (Fsp3) is 0.588. The molecule has 0 saturated carbocycles. The molecule has 0 spiro atoms. The number of nitrogens with zero attached hydrogens (tertiary/aromatic N) is 2. The molecule has 0 aliphatic rings. The fourth-order valence-electron chi connectivity index (χ4n) is 2.25. The Balaban J connectivity index is 0.00000484. The molecule has 0 unspecified atom stereocenters. The third-order valence-electron chi connectivity index (χ3n) is 3.67. The van der Waals surface area contributed by atoms with Crippen molar-refractivity contribution in [1.29, 1.82) is 0 Å². The van der Waals surface area contributed by atoms with E-state index in [-0.39, 0.29) is 24.0 Å². The van der Waals surface area contributed by atoms with Crippen LogP contribution in [-0.4, -0.2) is 50.7 Å². The fourth-order valence-corrected chi connectivity index (χ4v) is 2.25. The van der Waals surface area contributed by atoms with Gasteiger partial charge in [0.2, 0.25) is 0 Å². The lowest BCUT2D eigenvalue weighted by Gasteiger charge is -2.25. The van der Waals surface area contributed by atoms with Gasteiger partial charge in [-0.05, 0) is 38.1 Å². The summed E-state index contributed by atoms with van der Waals surface area (Å²) < 4.78 is 5.16. The maximum atomic E-state index is 5.16. The molecule has 0 saturated heterocycles. The lowest BCUT2D eigenvalue weighted by Crippen LogP contribution is -2.42. The van der Waals surface area contributed by atoms with Gasteiger partial charge in [0.05, 0.1) is 7.11 Å². The number of aliphatic imine (C=N–C) groups is 1. The number of hydrogen-bond acceptors (Lipinski definition) is 3. The molecule has 0 aliphatic carbocycles. The van der Waals surface area contributed by atoms with Crippen molar-refractivity contribution in [3.63, 3.8) is 0 Å². The Kier molecular flexibility index (Phi) is 11.9. The minimum Gasteiger partial charge on any atom is -0.497 e. The van der Waals surface area contributed by atoms with E-state index in [2.05, 4.69) is 53.4 Å². The highest BCUT2D eigenvalue weighted by molar-refractivity contribution is 14.0. The van der Waals surface area contributed by atoms with Gasteiger partial charge < -0.3 is 15.4 Å². The van der Waals surface area contributed by atoms with Gasteiger partial charge in [0.15, 0.2) is 5.96 Å². The van der Waals surface area contributed by atoms with Crippen LogP contribution < -0.4 is 15.4 Å². The Labute approximate surface area is 157 Å². The van der Waals surface area contributed by atoms with Crippen LogP contribution in [0.15, 0.2) is 29.3 Å². The largest absolute Gasteiger partial charge is 0.497 e. The van der Waals surface area contributed by atoms with Crippen LogP contribution in [0.2, 0.25) is 0 Å². The van der Waals surface area contributed by atoms with Gasteiger partial charge in [-0.3, -0.25) is 9.89 Å². The average Bonchev–Trinajstić information content (AvgIpc) is 2.54. The number of benzene rings is 1. The molecule has 0 heterocycles. The Morgan fingerprint density at radius 3 is 2.35 bits per heavy atom. The topological polar surface area (TPSA) is 48.9 Å². The molecule has 1 aromatic carbocycles. The zero-order chi connectivity index (χ0) is 16.4. The molecule has 6 heteroatoms.